The molecule has 3 rings (SSSR count). The first kappa shape index (κ1) is 24.9. The van der Waals surface area contributed by atoms with Crippen molar-refractivity contribution in [3.63, 3.8) is 0 Å². The van der Waals surface area contributed by atoms with Crippen LogP contribution in [0, 0.1) is 11.6 Å². The molecule has 2 N–H and O–H groups in total. The second-order valence-corrected chi connectivity index (χ2v) is 7.92. The van der Waals surface area contributed by atoms with Crippen LogP contribution in [0.15, 0.2) is 54.7 Å². The van der Waals surface area contributed by atoms with Crippen LogP contribution < -0.4 is 10.6 Å². The van der Waals surface area contributed by atoms with E-state index < -0.39 is 29.8 Å². The zero-order valence-electron chi connectivity index (χ0n) is 19.2. The number of aromatic nitrogens is 1. The molecule has 180 valence electrons. The molecule has 0 aliphatic carbocycles. The smallest absolute Gasteiger partial charge is 0.412 e. The van der Waals surface area contributed by atoms with Crippen LogP contribution in [0.2, 0.25) is 0 Å². The highest BCUT2D eigenvalue weighted by molar-refractivity contribution is 5.89. The van der Waals surface area contributed by atoms with E-state index in [1.165, 1.54) is 17.0 Å². The maximum Gasteiger partial charge on any atom is 0.412 e. The molecule has 3 amide bonds. The summed E-state index contributed by atoms with van der Waals surface area (Å²) in [6, 6.07) is 12.3. The molecule has 1 heterocycles. The molecule has 0 unspecified atom stereocenters. The summed E-state index contributed by atoms with van der Waals surface area (Å²) >= 11 is 0. The zero-order chi connectivity index (χ0) is 24.5. The summed E-state index contributed by atoms with van der Waals surface area (Å²) in [5.41, 5.74) is 0.0466. The summed E-state index contributed by atoms with van der Waals surface area (Å²) in [4.78, 5) is 30.6. The van der Waals surface area contributed by atoms with Gasteiger partial charge in [-0.1, -0.05) is 56.2 Å². The standard InChI is InChI=1S/C25H28F2N4O3/c1-3-4-11-20(31(2)24(32)29-15-19-10-7-12-21(26)23(19)27)16-34-25(33)30-22-13-17-8-5-6-9-18(17)14-28-22/h5-10,12-14,20H,3-4,11,15-16H2,1-2H3,(H,29,32)(H,28,30,33)/t20-/m0/s1. The SMILES string of the molecule is CCCC[C@@H](COC(=O)Nc1cc2ccccc2cn1)N(C)C(=O)NCc1cccc(F)c1F. The van der Waals surface area contributed by atoms with E-state index in [4.69, 9.17) is 4.74 Å². The van der Waals surface area contributed by atoms with Crippen LogP contribution in [0.25, 0.3) is 10.8 Å². The van der Waals surface area contributed by atoms with E-state index in [1.807, 2.05) is 31.2 Å². The lowest BCUT2D eigenvalue weighted by Gasteiger charge is -2.28. The van der Waals surface area contributed by atoms with Gasteiger partial charge >= 0.3 is 12.1 Å². The van der Waals surface area contributed by atoms with Crippen molar-refractivity contribution in [1.82, 2.24) is 15.2 Å². The number of carbonyl (C=O) groups is 2. The number of urea groups is 1. The number of likely N-dealkylation sites (N-methyl/N-ethyl adjacent to an activating group) is 1. The monoisotopic (exact) mass is 470 g/mol. The summed E-state index contributed by atoms with van der Waals surface area (Å²) in [7, 11) is 1.57. The molecule has 0 spiro atoms. The Morgan fingerprint density at radius 1 is 1.12 bits per heavy atom. The van der Waals surface area contributed by atoms with E-state index >= 15 is 0 Å². The number of pyridine rings is 1. The number of amides is 3. The Morgan fingerprint density at radius 3 is 2.65 bits per heavy atom. The number of hydrogen-bond donors (Lipinski definition) is 2. The first-order valence-electron chi connectivity index (χ1n) is 11.1. The average Bonchev–Trinajstić information content (AvgIpc) is 2.84. The van der Waals surface area contributed by atoms with Crippen molar-refractivity contribution in [3.05, 3.63) is 71.9 Å². The quantitative estimate of drug-likeness (QED) is 0.435. The van der Waals surface area contributed by atoms with Gasteiger partial charge in [0.25, 0.3) is 0 Å². The van der Waals surface area contributed by atoms with Crippen molar-refractivity contribution < 1.29 is 23.1 Å². The zero-order valence-corrected chi connectivity index (χ0v) is 19.2. The molecule has 1 atom stereocenters. The number of benzene rings is 2. The predicted octanol–water partition coefficient (Wildman–Crippen LogP) is 5.46. The number of nitrogens with zero attached hydrogens (tertiary/aromatic N) is 2. The van der Waals surface area contributed by atoms with Gasteiger partial charge in [-0.3, -0.25) is 5.32 Å². The van der Waals surface area contributed by atoms with Crippen LogP contribution in [0.1, 0.15) is 31.7 Å². The Morgan fingerprint density at radius 2 is 1.88 bits per heavy atom. The number of anilines is 1. The third-order valence-electron chi connectivity index (χ3n) is 5.49. The summed E-state index contributed by atoms with van der Waals surface area (Å²) < 4.78 is 32.6. The molecule has 0 aliphatic heterocycles. The van der Waals surface area contributed by atoms with Crippen molar-refractivity contribution in [1.29, 1.82) is 0 Å². The molecule has 34 heavy (non-hydrogen) atoms. The highest BCUT2D eigenvalue weighted by Crippen LogP contribution is 2.17. The van der Waals surface area contributed by atoms with E-state index in [0.717, 1.165) is 29.7 Å². The summed E-state index contributed by atoms with van der Waals surface area (Å²) in [6.45, 7) is 1.82. The van der Waals surface area contributed by atoms with Gasteiger partial charge in [0.1, 0.15) is 12.4 Å². The average molecular weight is 471 g/mol. The fraction of sp³-hybridized carbons (Fsp3) is 0.320. The van der Waals surface area contributed by atoms with Crippen LogP contribution in [0.4, 0.5) is 24.2 Å². The molecule has 7 nitrogen and oxygen atoms in total. The third-order valence-corrected chi connectivity index (χ3v) is 5.49. The van der Waals surface area contributed by atoms with Gasteiger partial charge in [-0.25, -0.2) is 23.4 Å². The molecule has 3 aromatic rings. The summed E-state index contributed by atoms with van der Waals surface area (Å²) in [6.07, 6.45) is 3.30. The van der Waals surface area contributed by atoms with Gasteiger partial charge in [0.05, 0.1) is 6.04 Å². The second-order valence-electron chi connectivity index (χ2n) is 7.92. The number of unbranched alkanes of at least 4 members (excludes halogenated alkanes) is 1. The van der Waals surface area contributed by atoms with Gasteiger partial charge in [-0.2, -0.15) is 0 Å². The minimum absolute atomic E-state index is 0.0301. The Kier molecular flexibility index (Phi) is 8.73. The second kappa shape index (κ2) is 11.9. The Bertz CT molecular complexity index is 1140. The van der Waals surface area contributed by atoms with Gasteiger partial charge in [-0.05, 0) is 23.9 Å². The van der Waals surface area contributed by atoms with Gasteiger partial charge < -0.3 is 15.0 Å². The molecule has 0 aliphatic rings. The van der Waals surface area contributed by atoms with Crippen molar-refractivity contribution >= 4 is 28.7 Å². The Labute approximate surface area is 197 Å². The summed E-state index contributed by atoms with van der Waals surface area (Å²) in [5, 5.41) is 7.07. The van der Waals surface area contributed by atoms with Crippen LogP contribution in [-0.4, -0.2) is 41.7 Å². The van der Waals surface area contributed by atoms with Gasteiger partial charge in [0, 0.05) is 30.7 Å². The van der Waals surface area contributed by atoms with Crippen molar-refractivity contribution in [2.24, 2.45) is 0 Å². The molecule has 0 fully saturated rings. The lowest BCUT2D eigenvalue weighted by molar-refractivity contribution is 0.113. The number of rotatable bonds is 9. The lowest BCUT2D eigenvalue weighted by Crippen LogP contribution is -2.46. The molecule has 2 aromatic carbocycles. The fourth-order valence-electron chi connectivity index (χ4n) is 3.44. The van der Waals surface area contributed by atoms with Crippen LogP contribution >= 0.6 is 0 Å². The number of carbonyl (C=O) groups excluding carboxylic acids is 2. The molecule has 0 saturated carbocycles. The minimum atomic E-state index is -0.990. The maximum atomic E-state index is 13.8. The van der Waals surface area contributed by atoms with Crippen LogP contribution in [0.5, 0.6) is 0 Å². The van der Waals surface area contributed by atoms with E-state index in [9.17, 15) is 18.4 Å². The van der Waals surface area contributed by atoms with E-state index in [0.29, 0.717) is 12.2 Å². The predicted molar refractivity (Wildman–Crippen MR) is 126 cm³/mol. The Hall–Kier alpha value is -3.75. The topological polar surface area (TPSA) is 83.6 Å². The Balaban J connectivity index is 1.56. The normalized spacial score (nSPS) is 11.6. The van der Waals surface area contributed by atoms with E-state index in [-0.39, 0.29) is 18.7 Å². The number of nitrogens with one attached hydrogen (secondary N) is 2. The first-order chi connectivity index (χ1) is 16.4. The van der Waals surface area contributed by atoms with Crippen LogP contribution in [0.3, 0.4) is 0 Å². The third kappa shape index (κ3) is 6.63. The number of ether oxygens (including phenoxy) is 1. The van der Waals surface area contributed by atoms with Crippen molar-refractivity contribution in [3.8, 4) is 0 Å². The largest absolute Gasteiger partial charge is 0.447 e. The lowest BCUT2D eigenvalue weighted by atomic mass is 10.1. The first-order valence-corrected chi connectivity index (χ1v) is 11.1. The number of fused-ring (bicyclic) bond motifs is 1. The molecule has 9 heteroatoms. The van der Waals surface area contributed by atoms with Crippen LogP contribution in [-0.2, 0) is 11.3 Å². The summed E-state index contributed by atoms with van der Waals surface area (Å²) in [5.74, 6) is -1.60. The maximum absolute atomic E-state index is 13.8. The molecular formula is C25H28F2N4O3. The molecule has 1 aromatic heterocycles. The van der Waals surface area contributed by atoms with E-state index in [2.05, 4.69) is 15.6 Å². The molecule has 0 saturated heterocycles. The number of halogens is 2. The van der Waals surface area contributed by atoms with Gasteiger partial charge in [-0.15, -0.1) is 0 Å². The van der Waals surface area contributed by atoms with Crippen molar-refractivity contribution in [2.75, 3.05) is 19.0 Å². The highest BCUT2D eigenvalue weighted by Gasteiger charge is 2.22. The minimum Gasteiger partial charge on any atom is -0.447 e. The highest BCUT2D eigenvalue weighted by atomic mass is 19.2. The van der Waals surface area contributed by atoms with Gasteiger partial charge in [0.2, 0.25) is 0 Å². The van der Waals surface area contributed by atoms with Crippen molar-refractivity contribution in [2.45, 2.75) is 38.8 Å². The van der Waals surface area contributed by atoms with E-state index in [1.54, 1.807) is 19.3 Å². The van der Waals surface area contributed by atoms with Gasteiger partial charge in [0.15, 0.2) is 11.6 Å². The number of hydrogen-bond acceptors (Lipinski definition) is 4. The molecular weight excluding hydrogens is 442 g/mol. The fourth-order valence-corrected chi connectivity index (χ4v) is 3.44. The molecule has 0 radical (unpaired) electrons. The molecule has 0 bridgehead atoms.